The molecular weight excluding hydrogens is 250 g/mol. The van der Waals surface area contributed by atoms with Gasteiger partial charge in [0.15, 0.2) is 0 Å². The van der Waals surface area contributed by atoms with Gasteiger partial charge >= 0.3 is 0 Å². The second-order valence-electron chi connectivity index (χ2n) is 6.10. The third-order valence-corrected chi connectivity index (χ3v) is 4.80. The lowest BCUT2D eigenvalue weighted by Crippen LogP contribution is -2.48. The number of para-hydroxylation sites is 1. The highest BCUT2D eigenvalue weighted by atomic mass is 16.5. The van der Waals surface area contributed by atoms with Crippen LogP contribution in [0.5, 0.6) is 0 Å². The van der Waals surface area contributed by atoms with Crippen LogP contribution in [0.2, 0.25) is 0 Å². The average Bonchev–Trinajstić information content (AvgIpc) is 2.47. The standard InChI is InChI=1S/C16H19N3O/c1-2-4-14-13(3-1)15(18-11-17-14)19-12-9-16(10-12)5-7-20-8-6-16/h1-4,11-12H,5-10H2,(H,17,18,19). The maximum Gasteiger partial charge on any atom is 0.137 e. The summed E-state index contributed by atoms with van der Waals surface area (Å²) < 4.78 is 5.47. The van der Waals surface area contributed by atoms with Crippen LogP contribution in [0.4, 0.5) is 5.82 Å². The average molecular weight is 269 g/mol. The molecule has 0 unspecified atom stereocenters. The van der Waals surface area contributed by atoms with Crippen molar-refractivity contribution in [3.8, 4) is 0 Å². The van der Waals surface area contributed by atoms with E-state index in [1.54, 1.807) is 6.33 Å². The van der Waals surface area contributed by atoms with Crippen molar-refractivity contribution in [2.75, 3.05) is 18.5 Å². The van der Waals surface area contributed by atoms with E-state index in [9.17, 15) is 0 Å². The zero-order valence-electron chi connectivity index (χ0n) is 11.5. The minimum atomic E-state index is 0.540. The molecule has 4 nitrogen and oxygen atoms in total. The minimum Gasteiger partial charge on any atom is -0.381 e. The monoisotopic (exact) mass is 269 g/mol. The van der Waals surface area contributed by atoms with Gasteiger partial charge < -0.3 is 10.1 Å². The Morgan fingerprint density at radius 2 is 1.90 bits per heavy atom. The van der Waals surface area contributed by atoms with Crippen LogP contribution >= 0.6 is 0 Å². The van der Waals surface area contributed by atoms with Gasteiger partial charge in [-0.2, -0.15) is 0 Å². The molecule has 0 atom stereocenters. The van der Waals surface area contributed by atoms with Gasteiger partial charge in [-0.15, -0.1) is 0 Å². The highest BCUT2D eigenvalue weighted by molar-refractivity contribution is 5.88. The van der Waals surface area contributed by atoms with E-state index in [1.165, 1.54) is 25.7 Å². The molecule has 104 valence electrons. The van der Waals surface area contributed by atoms with Crippen molar-refractivity contribution < 1.29 is 4.74 Å². The fourth-order valence-electron chi connectivity index (χ4n) is 3.61. The first kappa shape index (κ1) is 12.1. The summed E-state index contributed by atoms with van der Waals surface area (Å²) in [6.07, 6.45) is 6.57. The van der Waals surface area contributed by atoms with Gasteiger partial charge in [-0.1, -0.05) is 12.1 Å². The van der Waals surface area contributed by atoms with Crippen molar-refractivity contribution in [1.29, 1.82) is 0 Å². The van der Waals surface area contributed by atoms with Crippen molar-refractivity contribution in [3.63, 3.8) is 0 Å². The molecule has 1 spiro atoms. The Balaban J connectivity index is 1.49. The molecule has 1 saturated carbocycles. The zero-order valence-corrected chi connectivity index (χ0v) is 11.5. The summed E-state index contributed by atoms with van der Waals surface area (Å²) >= 11 is 0. The van der Waals surface area contributed by atoms with E-state index in [0.29, 0.717) is 11.5 Å². The first-order chi connectivity index (χ1) is 9.85. The largest absolute Gasteiger partial charge is 0.381 e. The third-order valence-electron chi connectivity index (χ3n) is 4.80. The molecule has 0 amide bonds. The van der Waals surface area contributed by atoms with E-state index in [0.717, 1.165) is 29.9 Å². The third kappa shape index (κ3) is 2.04. The van der Waals surface area contributed by atoms with E-state index in [2.05, 4.69) is 21.4 Å². The molecule has 4 heteroatoms. The zero-order chi connectivity index (χ0) is 13.4. The van der Waals surface area contributed by atoms with Crippen molar-refractivity contribution in [3.05, 3.63) is 30.6 Å². The molecule has 0 bridgehead atoms. The van der Waals surface area contributed by atoms with E-state index >= 15 is 0 Å². The summed E-state index contributed by atoms with van der Waals surface area (Å²) in [4.78, 5) is 8.72. The number of rotatable bonds is 2. The normalized spacial score (nSPS) is 21.8. The number of ether oxygens (including phenoxy) is 1. The molecule has 20 heavy (non-hydrogen) atoms. The van der Waals surface area contributed by atoms with Gasteiger partial charge in [0.25, 0.3) is 0 Å². The summed E-state index contributed by atoms with van der Waals surface area (Å²) in [6, 6.07) is 8.71. The highest BCUT2D eigenvalue weighted by Crippen LogP contribution is 2.49. The maximum atomic E-state index is 5.47. The second-order valence-corrected chi connectivity index (χ2v) is 6.10. The van der Waals surface area contributed by atoms with Gasteiger partial charge in [-0.05, 0) is 43.2 Å². The topological polar surface area (TPSA) is 47.0 Å². The predicted octanol–water partition coefficient (Wildman–Crippen LogP) is 3.00. The molecule has 4 rings (SSSR count). The van der Waals surface area contributed by atoms with Crippen LogP contribution in [-0.2, 0) is 4.74 Å². The van der Waals surface area contributed by atoms with E-state index in [-0.39, 0.29) is 0 Å². The Hall–Kier alpha value is -1.68. The lowest BCUT2D eigenvalue weighted by atomic mass is 9.61. The number of fused-ring (bicyclic) bond motifs is 1. The molecule has 1 aliphatic carbocycles. The summed E-state index contributed by atoms with van der Waals surface area (Å²) in [6.45, 7) is 1.87. The number of benzene rings is 1. The molecular formula is C16H19N3O. The van der Waals surface area contributed by atoms with Crippen LogP contribution in [0.1, 0.15) is 25.7 Å². The Kier molecular flexibility index (Phi) is 2.84. The molecule has 1 aromatic heterocycles. The van der Waals surface area contributed by atoms with Crippen LogP contribution in [0, 0.1) is 5.41 Å². The maximum absolute atomic E-state index is 5.47. The number of aromatic nitrogens is 2. The molecule has 1 aromatic carbocycles. The van der Waals surface area contributed by atoms with Crippen molar-refractivity contribution in [2.24, 2.45) is 5.41 Å². The number of nitrogens with zero attached hydrogens (tertiary/aromatic N) is 2. The molecule has 2 heterocycles. The quantitative estimate of drug-likeness (QED) is 0.910. The Bertz CT molecular complexity index is 609. The van der Waals surface area contributed by atoms with Gasteiger partial charge in [-0.3, -0.25) is 0 Å². The van der Waals surface area contributed by atoms with Crippen molar-refractivity contribution in [2.45, 2.75) is 31.7 Å². The first-order valence-electron chi connectivity index (χ1n) is 7.39. The predicted molar refractivity (Wildman–Crippen MR) is 78.7 cm³/mol. The Morgan fingerprint density at radius 1 is 1.10 bits per heavy atom. The number of nitrogens with one attached hydrogen (secondary N) is 1. The fraction of sp³-hybridized carbons (Fsp3) is 0.500. The van der Waals surface area contributed by atoms with Gasteiger partial charge in [0.05, 0.1) is 5.52 Å². The first-order valence-corrected chi connectivity index (χ1v) is 7.39. The van der Waals surface area contributed by atoms with Crippen LogP contribution in [0.15, 0.2) is 30.6 Å². The van der Waals surface area contributed by atoms with E-state index in [1.807, 2.05) is 18.2 Å². The number of anilines is 1. The molecule has 1 saturated heterocycles. The smallest absolute Gasteiger partial charge is 0.137 e. The SMILES string of the molecule is c1ccc2c(NC3CC4(CCOCC4)C3)ncnc2c1. The minimum absolute atomic E-state index is 0.540. The number of hydrogen-bond acceptors (Lipinski definition) is 4. The van der Waals surface area contributed by atoms with Gasteiger partial charge in [0.1, 0.15) is 12.1 Å². The van der Waals surface area contributed by atoms with E-state index < -0.39 is 0 Å². The highest BCUT2D eigenvalue weighted by Gasteiger charge is 2.45. The summed E-state index contributed by atoms with van der Waals surface area (Å²) in [5.74, 6) is 0.975. The van der Waals surface area contributed by atoms with Gasteiger partial charge in [-0.25, -0.2) is 9.97 Å². The van der Waals surface area contributed by atoms with Crippen LogP contribution in [0.3, 0.4) is 0 Å². The lowest BCUT2D eigenvalue weighted by molar-refractivity contribution is -0.0342. The van der Waals surface area contributed by atoms with Crippen LogP contribution in [-0.4, -0.2) is 29.2 Å². The van der Waals surface area contributed by atoms with Crippen LogP contribution < -0.4 is 5.32 Å². The lowest BCUT2D eigenvalue weighted by Gasteiger charge is -2.50. The second kappa shape index (κ2) is 4.70. The van der Waals surface area contributed by atoms with E-state index in [4.69, 9.17) is 4.74 Å². The molecule has 1 aliphatic heterocycles. The van der Waals surface area contributed by atoms with Crippen molar-refractivity contribution in [1.82, 2.24) is 9.97 Å². The fourth-order valence-corrected chi connectivity index (χ4v) is 3.61. The van der Waals surface area contributed by atoms with Gasteiger partial charge in [0.2, 0.25) is 0 Å². The van der Waals surface area contributed by atoms with Crippen molar-refractivity contribution >= 4 is 16.7 Å². The molecule has 0 radical (unpaired) electrons. The Labute approximate surface area is 118 Å². The summed E-state index contributed by atoms with van der Waals surface area (Å²) in [7, 11) is 0. The molecule has 2 fully saturated rings. The molecule has 2 aliphatic rings. The van der Waals surface area contributed by atoms with Gasteiger partial charge in [0, 0.05) is 24.6 Å². The van der Waals surface area contributed by atoms with Crippen LogP contribution in [0.25, 0.3) is 10.9 Å². The molecule has 1 N–H and O–H groups in total. The summed E-state index contributed by atoms with van der Waals surface area (Å²) in [5.41, 5.74) is 1.55. The summed E-state index contributed by atoms with van der Waals surface area (Å²) in [5, 5.41) is 4.71. The molecule has 2 aromatic rings. The number of hydrogen-bond donors (Lipinski definition) is 1. The Morgan fingerprint density at radius 3 is 2.75 bits per heavy atom.